The molecule has 1 fully saturated rings. The average Bonchev–Trinajstić information content (AvgIpc) is 3.31. The second-order valence-corrected chi connectivity index (χ2v) is 5.98. The quantitative estimate of drug-likeness (QED) is 0.702. The van der Waals surface area contributed by atoms with Crippen molar-refractivity contribution in [2.24, 2.45) is 0 Å². The van der Waals surface area contributed by atoms with Crippen molar-refractivity contribution >= 4 is 0 Å². The highest BCUT2D eigenvalue weighted by molar-refractivity contribution is 5.44. The molecule has 0 unspecified atom stereocenters. The highest BCUT2D eigenvalue weighted by Gasteiger charge is 2.20. The summed E-state index contributed by atoms with van der Waals surface area (Å²) >= 11 is 0. The summed E-state index contributed by atoms with van der Waals surface area (Å²) in [6, 6.07) is 5.61. The van der Waals surface area contributed by atoms with Gasteiger partial charge in [-0.25, -0.2) is 0 Å². The summed E-state index contributed by atoms with van der Waals surface area (Å²) in [6.07, 6.45) is 1.60. The molecule has 8 heteroatoms. The van der Waals surface area contributed by atoms with Crippen LogP contribution in [0.5, 0.6) is 0 Å². The van der Waals surface area contributed by atoms with E-state index in [1.54, 1.807) is 12.3 Å². The monoisotopic (exact) mass is 329 g/mol. The third kappa shape index (κ3) is 3.39. The van der Waals surface area contributed by atoms with Gasteiger partial charge in [0, 0.05) is 32.2 Å². The number of aromatic nitrogens is 3. The van der Waals surface area contributed by atoms with Crippen molar-refractivity contribution in [3.63, 3.8) is 0 Å². The lowest BCUT2D eigenvalue weighted by Gasteiger charge is -2.33. The van der Waals surface area contributed by atoms with E-state index in [9.17, 15) is 0 Å². The molecule has 0 radical (unpaired) electrons. The van der Waals surface area contributed by atoms with Gasteiger partial charge in [-0.05, 0) is 19.1 Å². The second kappa shape index (κ2) is 6.58. The molecule has 1 aliphatic heterocycles. The SMILES string of the molecule is Cc1cc(CN2CCN(Cc3nc(-c4ccco4)no3)CC2)on1. The zero-order valence-corrected chi connectivity index (χ0v) is 13.5. The highest BCUT2D eigenvalue weighted by Crippen LogP contribution is 2.17. The molecule has 4 rings (SSSR count). The zero-order chi connectivity index (χ0) is 16.4. The van der Waals surface area contributed by atoms with E-state index in [4.69, 9.17) is 13.5 Å². The Bertz CT molecular complexity index is 771. The molecule has 0 spiro atoms. The normalized spacial score (nSPS) is 16.7. The van der Waals surface area contributed by atoms with Crippen LogP contribution in [0, 0.1) is 6.92 Å². The Labute approximate surface area is 139 Å². The fraction of sp³-hybridized carbons (Fsp3) is 0.438. The molecular weight excluding hydrogens is 310 g/mol. The smallest absolute Gasteiger partial charge is 0.241 e. The zero-order valence-electron chi connectivity index (χ0n) is 13.5. The van der Waals surface area contributed by atoms with Crippen LogP contribution in [0.2, 0.25) is 0 Å². The third-order valence-electron chi connectivity index (χ3n) is 4.09. The predicted molar refractivity (Wildman–Crippen MR) is 83.8 cm³/mol. The summed E-state index contributed by atoms with van der Waals surface area (Å²) in [5, 5.41) is 7.89. The Kier molecular flexibility index (Phi) is 4.14. The van der Waals surface area contributed by atoms with E-state index >= 15 is 0 Å². The minimum atomic E-state index is 0.495. The first kappa shape index (κ1) is 15.1. The van der Waals surface area contributed by atoms with Crippen LogP contribution < -0.4 is 0 Å². The van der Waals surface area contributed by atoms with Gasteiger partial charge in [-0.2, -0.15) is 4.98 Å². The molecule has 0 amide bonds. The molecule has 0 saturated carbocycles. The van der Waals surface area contributed by atoms with Crippen LogP contribution in [0.3, 0.4) is 0 Å². The van der Waals surface area contributed by atoms with Crippen molar-refractivity contribution in [2.45, 2.75) is 20.0 Å². The van der Waals surface area contributed by atoms with E-state index in [1.165, 1.54) is 0 Å². The maximum Gasteiger partial charge on any atom is 0.241 e. The van der Waals surface area contributed by atoms with Crippen LogP contribution in [0.4, 0.5) is 0 Å². The summed E-state index contributed by atoms with van der Waals surface area (Å²) in [5.41, 5.74) is 0.924. The molecule has 8 nitrogen and oxygen atoms in total. The minimum Gasteiger partial charge on any atom is -0.461 e. The fourth-order valence-electron chi connectivity index (χ4n) is 2.83. The van der Waals surface area contributed by atoms with Crippen molar-refractivity contribution in [1.82, 2.24) is 25.1 Å². The fourth-order valence-corrected chi connectivity index (χ4v) is 2.83. The maximum absolute atomic E-state index is 5.32. The third-order valence-corrected chi connectivity index (χ3v) is 4.09. The van der Waals surface area contributed by atoms with Gasteiger partial charge in [-0.15, -0.1) is 0 Å². The first-order valence-electron chi connectivity index (χ1n) is 7.99. The van der Waals surface area contributed by atoms with Gasteiger partial charge in [0.25, 0.3) is 0 Å². The van der Waals surface area contributed by atoms with Gasteiger partial charge in [-0.1, -0.05) is 10.3 Å². The second-order valence-electron chi connectivity index (χ2n) is 5.98. The number of hydrogen-bond acceptors (Lipinski definition) is 8. The molecule has 126 valence electrons. The van der Waals surface area contributed by atoms with Crippen molar-refractivity contribution in [3.8, 4) is 11.6 Å². The molecule has 0 bridgehead atoms. The van der Waals surface area contributed by atoms with Crippen LogP contribution in [0.1, 0.15) is 17.3 Å². The Morgan fingerprint density at radius 2 is 1.83 bits per heavy atom. The van der Waals surface area contributed by atoms with Crippen LogP contribution in [-0.2, 0) is 13.1 Å². The molecule has 1 aliphatic rings. The Morgan fingerprint density at radius 3 is 2.50 bits per heavy atom. The Balaban J connectivity index is 1.29. The van der Waals surface area contributed by atoms with E-state index in [-0.39, 0.29) is 0 Å². The van der Waals surface area contributed by atoms with Crippen LogP contribution in [0.15, 0.2) is 37.9 Å². The number of rotatable bonds is 5. The van der Waals surface area contributed by atoms with Gasteiger partial charge in [0.15, 0.2) is 11.5 Å². The topological polar surface area (TPSA) is 84.6 Å². The molecule has 24 heavy (non-hydrogen) atoms. The summed E-state index contributed by atoms with van der Waals surface area (Å²) < 4.78 is 15.9. The number of hydrogen-bond donors (Lipinski definition) is 0. The number of aryl methyl sites for hydroxylation is 1. The van der Waals surface area contributed by atoms with Crippen molar-refractivity contribution in [2.75, 3.05) is 26.2 Å². The summed E-state index contributed by atoms with van der Waals surface area (Å²) in [6.45, 7) is 7.24. The first-order chi connectivity index (χ1) is 11.8. The lowest BCUT2D eigenvalue weighted by Crippen LogP contribution is -2.45. The van der Waals surface area contributed by atoms with Crippen molar-refractivity contribution < 1.29 is 13.5 Å². The predicted octanol–water partition coefficient (Wildman–Crippen LogP) is 1.94. The van der Waals surface area contributed by atoms with Gasteiger partial charge in [0.2, 0.25) is 11.7 Å². The molecule has 0 aliphatic carbocycles. The van der Waals surface area contributed by atoms with E-state index in [0.29, 0.717) is 24.0 Å². The van der Waals surface area contributed by atoms with Crippen LogP contribution in [-0.4, -0.2) is 51.3 Å². The minimum absolute atomic E-state index is 0.495. The summed E-state index contributed by atoms with van der Waals surface area (Å²) in [4.78, 5) is 9.05. The van der Waals surface area contributed by atoms with Gasteiger partial charge in [-0.3, -0.25) is 9.80 Å². The summed E-state index contributed by atoms with van der Waals surface area (Å²) in [7, 11) is 0. The molecular formula is C16H19N5O3. The van der Waals surface area contributed by atoms with Gasteiger partial charge in [0.05, 0.1) is 25.0 Å². The van der Waals surface area contributed by atoms with Crippen molar-refractivity contribution in [3.05, 3.63) is 41.8 Å². The average molecular weight is 329 g/mol. The first-order valence-corrected chi connectivity index (χ1v) is 7.99. The maximum atomic E-state index is 5.32. The van der Waals surface area contributed by atoms with Gasteiger partial charge in [0.1, 0.15) is 0 Å². The number of furan rings is 1. The van der Waals surface area contributed by atoms with Crippen molar-refractivity contribution in [1.29, 1.82) is 0 Å². The molecule has 1 saturated heterocycles. The van der Waals surface area contributed by atoms with Crippen LogP contribution in [0.25, 0.3) is 11.6 Å². The lowest BCUT2D eigenvalue weighted by molar-refractivity contribution is 0.105. The standard InChI is InChI=1S/C16H19N5O3/c1-12-9-13(23-18-12)10-20-4-6-21(7-5-20)11-15-17-16(19-24-15)14-3-2-8-22-14/h2-3,8-9H,4-7,10-11H2,1H3. The molecule has 3 aromatic heterocycles. The van der Waals surface area contributed by atoms with Gasteiger partial charge < -0.3 is 13.5 Å². The van der Waals surface area contributed by atoms with E-state index in [2.05, 4.69) is 25.1 Å². The molecule has 0 atom stereocenters. The van der Waals surface area contributed by atoms with E-state index in [1.807, 2.05) is 19.1 Å². The Morgan fingerprint density at radius 1 is 1.04 bits per heavy atom. The van der Waals surface area contributed by atoms with E-state index in [0.717, 1.165) is 44.2 Å². The molecule has 0 N–H and O–H groups in total. The Hall–Kier alpha value is -2.45. The number of piperazine rings is 1. The van der Waals surface area contributed by atoms with Crippen LogP contribution >= 0.6 is 0 Å². The molecule has 3 aromatic rings. The lowest BCUT2D eigenvalue weighted by atomic mass is 10.3. The van der Waals surface area contributed by atoms with Gasteiger partial charge >= 0.3 is 0 Å². The van der Waals surface area contributed by atoms with E-state index < -0.39 is 0 Å². The molecule has 4 heterocycles. The highest BCUT2D eigenvalue weighted by atomic mass is 16.5. The number of nitrogens with zero attached hydrogens (tertiary/aromatic N) is 5. The largest absolute Gasteiger partial charge is 0.461 e. The summed E-state index contributed by atoms with van der Waals surface area (Å²) in [5.74, 6) is 2.65. The molecule has 0 aromatic carbocycles.